The number of aliphatic hydroxyl groups is 1. The lowest BCUT2D eigenvalue weighted by Gasteiger charge is -2.15. The highest BCUT2D eigenvalue weighted by atomic mass is 32.2. The molecule has 1 aliphatic rings. The van der Waals surface area contributed by atoms with Crippen LogP contribution in [0.25, 0.3) is 0 Å². The van der Waals surface area contributed by atoms with Gasteiger partial charge < -0.3 is 10.4 Å². The van der Waals surface area contributed by atoms with Gasteiger partial charge in [0.15, 0.2) is 0 Å². The molecule has 90 valence electrons. The summed E-state index contributed by atoms with van der Waals surface area (Å²) in [5.41, 5.74) is 0. The highest BCUT2D eigenvalue weighted by molar-refractivity contribution is 7.99. The van der Waals surface area contributed by atoms with Crippen molar-refractivity contribution in [2.24, 2.45) is 0 Å². The van der Waals surface area contributed by atoms with E-state index in [1.807, 2.05) is 11.8 Å². The Balaban J connectivity index is 1.89. The molecule has 0 aromatic rings. The van der Waals surface area contributed by atoms with Crippen LogP contribution < -0.4 is 5.32 Å². The summed E-state index contributed by atoms with van der Waals surface area (Å²) in [6, 6.07) is 0.783. The summed E-state index contributed by atoms with van der Waals surface area (Å²) in [6.07, 6.45) is 9.38. The second-order valence-corrected chi connectivity index (χ2v) is 5.56. The largest absolute Gasteiger partial charge is 0.396 e. The van der Waals surface area contributed by atoms with E-state index in [4.69, 9.17) is 5.11 Å². The summed E-state index contributed by atoms with van der Waals surface area (Å²) in [5.74, 6) is 2.29. The number of aliphatic hydroxyl groups excluding tert-OH is 1. The molecule has 15 heavy (non-hydrogen) atoms. The Bertz CT molecular complexity index is 136. The van der Waals surface area contributed by atoms with Crippen molar-refractivity contribution in [3.05, 3.63) is 0 Å². The van der Waals surface area contributed by atoms with E-state index in [2.05, 4.69) is 5.32 Å². The van der Waals surface area contributed by atoms with E-state index in [1.165, 1.54) is 44.3 Å². The van der Waals surface area contributed by atoms with Crippen LogP contribution >= 0.6 is 11.8 Å². The predicted molar refractivity (Wildman–Crippen MR) is 68.5 cm³/mol. The van der Waals surface area contributed by atoms with Crippen molar-refractivity contribution < 1.29 is 5.11 Å². The van der Waals surface area contributed by atoms with Gasteiger partial charge in [0, 0.05) is 24.9 Å². The Hall–Kier alpha value is 0.270. The van der Waals surface area contributed by atoms with Crippen molar-refractivity contribution >= 4 is 11.8 Å². The van der Waals surface area contributed by atoms with Gasteiger partial charge >= 0.3 is 0 Å². The van der Waals surface area contributed by atoms with E-state index in [1.54, 1.807) is 0 Å². The molecule has 1 saturated carbocycles. The molecule has 0 bridgehead atoms. The topological polar surface area (TPSA) is 32.3 Å². The van der Waals surface area contributed by atoms with Gasteiger partial charge in [-0.05, 0) is 25.0 Å². The number of thioether (sulfide) groups is 1. The van der Waals surface area contributed by atoms with Crippen molar-refractivity contribution in [3.63, 3.8) is 0 Å². The van der Waals surface area contributed by atoms with Gasteiger partial charge in [0.1, 0.15) is 0 Å². The van der Waals surface area contributed by atoms with Gasteiger partial charge in [0.2, 0.25) is 0 Å². The molecule has 0 unspecified atom stereocenters. The maximum atomic E-state index is 8.63. The van der Waals surface area contributed by atoms with E-state index >= 15 is 0 Å². The minimum atomic E-state index is 0.336. The second-order valence-electron chi connectivity index (χ2n) is 4.33. The first-order valence-electron chi connectivity index (χ1n) is 6.35. The molecule has 1 aliphatic carbocycles. The maximum absolute atomic E-state index is 8.63. The SMILES string of the molecule is OCCCSCCNC1CCCCCC1. The highest BCUT2D eigenvalue weighted by Crippen LogP contribution is 2.17. The summed E-state index contributed by atoms with van der Waals surface area (Å²) in [5, 5.41) is 12.3. The summed E-state index contributed by atoms with van der Waals surface area (Å²) in [7, 11) is 0. The minimum absolute atomic E-state index is 0.336. The minimum Gasteiger partial charge on any atom is -0.396 e. The Labute approximate surface area is 98.2 Å². The Morgan fingerprint density at radius 1 is 1.07 bits per heavy atom. The van der Waals surface area contributed by atoms with Gasteiger partial charge in [-0.2, -0.15) is 11.8 Å². The van der Waals surface area contributed by atoms with Crippen molar-refractivity contribution in [2.45, 2.75) is 51.0 Å². The van der Waals surface area contributed by atoms with E-state index in [-0.39, 0.29) is 0 Å². The molecule has 2 nitrogen and oxygen atoms in total. The average Bonchev–Trinajstić information content (AvgIpc) is 2.52. The van der Waals surface area contributed by atoms with Crippen LogP contribution in [0, 0.1) is 0 Å². The number of hydrogen-bond acceptors (Lipinski definition) is 3. The summed E-state index contributed by atoms with van der Waals surface area (Å²) >= 11 is 1.95. The monoisotopic (exact) mass is 231 g/mol. The second kappa shape index (κ2) is 9.49. The summed E-state index contributed by atoms with van der Waals surface area (Å²) in [6.45, 7) is 1.48. The molecule has 1 fully saturated rings. The third-order valence-electron chi connectivity index (χ3n) is 2.98. The van der Waals surface area contributed by atoms with Gasteiger partial charge in [0.25, 0.3) is 0 Å². The molecule has 0 saturated heterocycles. The third-order valence-corrected chi connectivity index (χ3v) is 4.05. The maximum Gasteiger partial charge on any atom is 0.0438 e. The average molecular weight is 231 g/mol. The zero-order valence-electron chi connectivity index (χ0n) is 9.71. The highest BCUT2D eigenvalue weighted by Gasteiger charge is 2.10. The van der Waals surface area contributed by atoms with E-state index in [0.717, 1.165) is 24.8 Å². The van der Waals surface area contributed by atoms with E-state index in [0.29, 0.717) is 6.61 Å². The molecule has 2 N–H and O–H groups in total. The molecule has 0 heterocycles. The van der Waals surface area contributed by atoms with Gasteiger partial charge in [-0.15, -0.1) is 0 Å². The Morgan fingerprint density at radius 3 is 2.47 bits per heavy atom. The zero-order chi connectivity index (χ0) is 10.8. The van der Waals surface area contributed by atoms with Crippen LogP contribution in [0.5, 0.6) is 0 Å². The lowest BCUT2D eigenvalue weighted by molar-refractivity contribution is 0.296. The van der Waals surface area contributed by atoms with Gasteiger partial charge in [-0.3, -0.25) is 0 Å². The number of rotatable bonds is 7. The zero-order valence-corrected chi connectivity index (χ0v) is 10.5. The molecule has 0 aromatic carbocycles. The molecule has 0 amide bonds. The third kappa shape index (κ3) is 7.20. The van der Waals surface area contributed by atoms with Crippen molar-refractivity contribution in [1.29, 1.82) is 0 Å². The normalized spacial score (nSPS) is 19.0. The molecule has 0 radical (unpaired) electrons. The number of hydrogen-bond donors (Lipinski definition) is 2. The van der Waals surface area contributed by atoms with Crippen molar-refractivity contribution in [1.82, 2.24) is 5.32 Å². The lowest BCUT2D eigenvalue weighted by Crippen LogP contribution is -2.30. The van der Waals surface area contributed by atoms with Crippen LogP contribution in [0.3, 0.4) is 0 Å². The molecule has 0 aromatic heterocycles. The molecule has 3 heteroatoms. The first-order chi connectivity index (χ1) is 7.43. The summed E-state index contributed by atoms with van der Waals surface area (Å²) in [4.78, 5) is 0. The van der Waals surface area contributed by atoms with Crippen LogP contribution in [-0.2, 0) is 0 Å². The molecular weight excluding hydrogens is 206 g/mol. The molecule has 0 atom stereocenters. The Kier molecular flexibility index (Phi) is 8.44. The van der Waals surface area contributed by atoms with Gasteiger partial charge in [-0.1, -0.05) is 25.7 Å². The first kappa shape index (κ1) is 13.3. The fraction of sp³-hybridized carbons (Fsp3) is 1.00. The molecular formula is C12H25NOS. The fourth-order valence-corrected chi connectivity index (χ4v) is 2.89. The molecule has 0 aliphatic heterocycles. The quantitative estimate of drug-likeness (QED) is 0.521. The van der Waals surface area contributed by atoms with Gasteiger partial charge in [0.05, 0.1) is 0 Å². The van der Waals surface area contributed by atoms with Crippen LogP contribution in [0.15, 0.2) is 0 Å². The standard InChI is InChI=1S/C12H25NOS/c14-9-5-10-15-11-8-13-12-6-3-1-2-4-7-12/h12-14H,1-11H2. The van der Waals surface area contributed by atoms with Crippen molar-refractivity contribution in [2.75, 3.05) is 24.7 Å². The summed E-state index contributed by atoms with van der Waals surface area (Å²) < 4.78 is 0. The van der Waals surface area contributed by atoms with Crippen LogP contribution in [-0.4, -0.2) is 35.8 Å². The molecule has 1 rings (SSSR count). The van der Waals surface area contributed by atoms with E-state index in [9.17, 15) is 0 Å². The molecule has 0 spiro atoms. The van der Waals surface area contributed by atoms with Gasteiger partial charge in [-0.25, -0.2) is 0 Å². The first-order valence-corrected chi connectivity index (χ1v) is 7.51. The smallest absolute Gasteiger partial charge is 0.0438 e. The van der Waals surface area contributed by atoms with Crippen LogP contribution in [0.2, 0.25) is 0 Å². The van der Waals surface area contributed by atoms with Crippen LogP contribution in [0.1, 0.15) is 44.9 Å². The fourth-order valence-electron chi connectivity index (χ4n) is 2.09. The Morgan fingerprint density at radius 2 is 1.80 bits per heavy atom. The predicted octanol–water partition coefficient (Wildman–Crippen LogP) is 2.41. The van der Waals surface area contributed by atoms with Crippen molar-refractivity contribution in [3.8, 4) is 0 Å². The lowest BCUT2D eigenvalue weighted by atomic mass is 10.1. The van der Waals surface area contributed by atoms with E-state index < -0.39 is 0 Å². The number of nitrogens with one attached hydrogen (secondary N) is 1. The van der Waals surface area contributed by atoms with Crippen LogP contribution in [0.4, 0.5) is 0 Å².